The molecule has 0 aliphatic heterocycles. The summed E-state index contributed by atoms with van der Waals surface area (Å²) >= 11 is 0. The van der Waals surface area contributed by atoms with E-state index in [2.05, 4.69) is 5.32 Å². The number of nitro groups is 1. The number of nitrogens with zero attached hydrogens (tertiary/aromatic N) is 2. The number of nitrogens with one attached hydrogen (secondary N) is 1. The molecule has 0 saturated heterocycles. The van der Waals surface area contributed by atoms with Crippen molar-refractivity contribution in [3.8, 4) is 0 Å². The molecule has 0 amide bonds. The zero-order chi connectivity index (χ0) is 13.8. The van der Waals surface area contributed by atoms with Crippen molar-refractivity contribution >= 4 is 17.1 Å². The van der Waals surface area contributed by atoms with Gasteiger partial charge in [-0.15, -0.1) is 0 Å². The highest BCUT2D eigenvalue weighted by Gasteiger charge is 2.30. The summed E-state index contributed by atoms with van der Waals surface area (Å²) in [5.41, 5.74) is 1.19. The minimum absolute atomic E-state index is 0.00254. The molecule has 1 aromatic carbocycles. The summed E-state index contributed by atoms with van der Waals surface area (Å²) in [6.45, 7) is 0.427. The molecule has 0 heterocycles. The van der Waals surface area contributed by atoms with Crippen molar-refractivity contribution in [2.24, 2.45) is 0 Å². The van der Waals surface area contributed by atoms with Crippen LogP contribution in [0.25, 0.3) is 0 Å². The topological polar surface area (TPSA) is 78.6 Å². The first-order valence-electron chi connectivity index (χ1n) is 6.51. The number of anilines is 2. The Morgan fingerprint density at radius 3 is 2.74 bits per heavy atom. The Bertz CT molecular complexity index is 460. The molecule has 0 atom stereocenters. The van der Waals surface area contributed by atoms with E-state index in [-0.39, 0.29) is 17.2 Å². The number of hydrogen-bond donors (Lipinski definition) is 2. The van der Waals surface area contributed by atoms with Crippen LogP contribution in [0.15, 0.2) is 18.2 Å². The molecule has 1 aliphatic rings. The summed E-state index contributed by atoms with van der Waals surface area (Å²) < 4.78 is 0. The molecule has 0 unspecified atom stereocenters. The molecule has 1 saturated carbocycles. The Balaban J connectivity index is 2.42. The molecule has 2 N–H and O–H groups in total. The normalized spacial score (nSPS) is 14.8. The average molecular weight is 265 g/mol. The molecule has 6 heteroatoms. The van der Waals surface area contributed by atoms with Crippen LogP contribution in [0.1, 0.15) is 19.3 Å². The van der Waals surface area contributed by atoms with Gasteiger partial charge in [-0.25, -0.2) is 0 Å². The number of para-hydroxylation sites is 1. The minimum Gasteiger partial charge on any atom is -0.395 e. The molecular weight excluding hydrogens is 246 g/mol. The molecule has 104 valence electrons. The fourth-order valence-corrected chi connectivity index (χ4v) is 2.46. The Labute approximate surface area is 112 Å². The lowest BCUT2D eigenvalue weighted by atomic mass is 9.91. The summed E-state index contributed by atoms with van der Waals surface area (Å²) in [5, 5.41) is 23.4. The van der Waals surface area contributed by atoms with Crippen molar-refractivity contribution in [2.45, 2.75) is 25.3 Å². The fourth-order valence-electron chi connectivity index (χ4n) is 2.46. The highest BCUT2D eigenvalue weighted by atomic mass is 16.6. The van der Waals surface area contributed by atoms with Crippen molar-refractivity contribution < 1.29 is 10.0 Å². The van der Waals surface area contributed by atoms with E-state index in [4.69, 9.17) is 0 Å². The van der Waals surface area contributed by atoms with Crippen LogP contribution in [0.4, 0.5) is 17.1 Å². The van der Waals surface area contributed by atoms with E-state index in [0.717, 1.165) is 19.3 Å². The largest absolute Gasteiger partial charge is 0.395 e. The van der Waals surface area contributed by atoms with Crippen LogP contribution in [0, 0.1) is 10.1 Å². The van der Waals surface area contributed by atoms with E-state index in [1.807, 2.05) is 4.90 Å². The Morgan fingerprint density at radius 2 is 2.26 bits per heavy atom. The van der Waals surface area contributed by atoms with Gasteiger partial charge in [0.05, 0.1) is 11.5 Å². The second-order valence-electron chi connectivity index (χ2n) is 4.68. The third-order valence-corrected chi connectivity index (χ3v) is 3.63. The van der Waals surface area contributed by atoms with Crippen LogP contribution in [-0.2, 0) is 0 Å². The van der Waals surface area contributed by atoms with Gasteiger partial charge in [-0.2, -0.15) is 0 Å². The number of hydrogen-bond acceptors (Lipinski definition) is 5. The van der Waals surface area contributed by atoms with Gasteiger partial charge in [0, 0.05) is 19.6 Å². The number of benzene rings is 1. The summed E-state index contributed by atoms with van der Waals surface area (Å²) in [5.74, 6) is 0. The lowest BCUT2D eigenvalue weighted by Gasteiger charge is -2.38. The van der Waals surface area contributed by atoms with E-state index in [1.54, 1.807) is 25.2 Å². The molecule has 1 fully saturated rings. The predicted molar refractivity (Wildman–Crippen MR) is 74.7 cm³/mol. The van der Waals surface area contributed by atoms with Gasteiger partial charge >= 0.3 is 5.69 Å². The Hall–Kier alpha value is -1.82. The van der Waals surface area contributed by atoms with Crippen molar-refractivity contribution in [3.63, 3.8) is 0 Å². The fraction of sp³-hybridized carbons (Fsp3) is 0.538. The highest BCUT2D eigenvalue weighted by molar-refractivity contribution is 5.77. The first-order chi connectivity index (χ1) is 9.19. The van der Waals surface area contributed by atoms with Gasteiger partial charge in [0.15, 0.2) is 0 Å². The predicted octanol–water partition coefficient (Wildman–Crippen LogP) is 1.99. The van der Waals surface area contributed by atoms with Gasteiger partial charge in [-0.1, -0.05) is 6.07 Å². The third kappa shape index (κ3) is 2.63. The van der Waals surface area contributed by atoms with Gasteiger partial charge < -0.3 is 15.3 Å². The highest BCUT2D eigenvalue weighted by Crippen LogP contribution is 2.39. The van der Waals surface area contributed by atoms with Crippen molar-refractivity contribution in [1.29, 1.82) is 0 Å². The van der Waals surface area contributed by atoms with E-state index in [0.29, 0.717) is 24.0 Å². The van der Waals surface area contributed by atoms with Crippen LogP contribution < -0.4 is 10.2 Å². The summed E-state index contributed by atoms with van der Waals surface area (Å²) in [6.07, 6.45) is 3.20. The molecule has 0 spiro atoms. The molecule has 0 bridgehead atoms. The van der Waals surface area contributed by atoms with Gasteiger partial charge in [0.25, 0.3) is 0 Å². The van der Waals surface area contributed by atoms with Crippen LogP contribution in [0.5, 0.6) is 0 Å². The molecule has 0 aromatic heterocycles. The Morgan fingerprint density at radius 1 is 1.53 bits per heavy atom. The van der Waals surface area contributed by atoms with E-state index in [1.165, 1.54) is 0 Å². The second-order valence-corrected chi connectivity index (χ2v) is 4.68. The van der Waals surface area contributed by atoms with Crippen molar-refractivity contribution in [2.75, 3.05) is 30.4 Å². The molecular formula is C13H19N3O3. The smallest absolute Gasteiger partial charge is 0.315 e. The van der Waals surface area contributed by atoms with Gasteiger partial charge in [0.2, 0.25) is 0 Å². The minimum atomic E-state index is -0.357. The molecule has 19 heavy (non-hydrogen) atoms. The lowest BCUT2D eigenvalue weighted by Crippen LogP contribution is -2.42. The maximum atomic E-state index is 11.3. The lowest BCUT2D eigenvalue weighted by molar-refractivity contribution is -0.383. The van der Waals surface area contributed by atoms with Crippen molar-refractivity contribution in [3.05, 3.63) is 28.3 Å². The first kappa shape index (κ1) is 13.6. The van der Waals surface area contributed by atoms with E-state index in [9.17, 15) is 15.2 Å². The molecule has 2 rings (SSSR count). The van der Waals surface area contributed by atoms with Crippen LogP contribution >= 0.6 is 0 Å². The summed E-state index contributed by atoms with van der Waals surface area (Å²) in [6, 6.07) is 5.56. The Kier molecular flexibility index (Phi) is 4.21. The van der Waals surface area contributed by atoms with Crippen LogP contribution in [-0.4, -0.2) is 36.3 Å². The zero-order valence-electron chi connectivity index (χ0n) is 11.0. The number of aliphatic hydroxyl groups excluding tert-OH is 1. The van der Waals surface area contributed by atoms with Gasteiger partial charge in [-0.05, 0) is 31.4 Å². The molecule has 6 nitrogen and oxygen atoms in total. The summed E-state index contributed by atoms with van der Waals surface area (Å²) in [7, 11) is 1.67. The van der Waals surface area contributed by atoms with Gasteiger partial charge in [0.1, 0.15) is 11.4 Å². The molecule has 1 aliphatic carbocycles. The zero-order valence-corrected chi connectivity index (χ0v) is 11.0. The maximum absolute atomic E-state index is 11.3. The van der Waals surface area contributed by atoms with Gasteiger partial charge in [-0.3, -0.25) is 10.1 Å². The average Bonchev–Trinajstić information content (AvgIpc) is 2.35. The number of nitro benzene ring substituents is 1. The monoisotopic (exact) mass is 265 g/mol. The standard InChI is InChI=1S/C13H19N3O3/c1-14-11-6-3-7-12(13(11)16(18)19)15(8-9-17)10-4-2-5-10/h3,6-7,10,14,17H,2,4-5,8-9H2,1H3. The molecule has 0 radical (unpaired) electrons. The third-order valence-electron chi connectivity index (χ3n) is 3.63. The van der Waals surface area contributed by atoms with E-state index < -0.39 is 0 Å². The second kappa shape index (κ2) is 5.88. The molecule has 1 aromatic rings. The maximum Gasteiger partial charge on any atom is 0.315 e. The number of rotatable bonds is 6. The quantitative estimate of drug-likeness (QED) is 0.607. The van der Waals surface area contributed by atoms with Crippen LogP contribution in [0.3, 0.4) is 0 Å². The van der Waals surface area contributed by atoms with E-state index >= 15 is 0 Å². The summed E-state index contributed by atoms with van der Waals surface area (Å²) in [4.78, 5) is 12.9. The number of aliphatic hydroxyl groups is 1. The van der Waals surface area contributed by atoms with Crippen LogP contribution in [0.2, 0.25) is 0 Å². The first-order valence-corrected chi connectivity index (χ1v) is 6.51. The van der Waals surface area contributed by atoms with Crippen molar-refractivity contribution in [1.82, 2.24) is 0 Å². The SMILES string of the molecule is CNc1cccc(N(CCO)C2CCC2)c1[N+](=O)[O-].